The Morgan fingerprint density at radius 2 is 1.96 bits per heavy atom. The fraction of sp³-hybridized carbons (Fsp3) is 0.611. The second-order valence-corrected chi connectivity index (χ2v) is 10.1. The van der Waals surface area contributed by atoms with Gasteiger partial charge >= 0.3 is 0 Å². The maximum Gasteiger partial charge on any atom is 0.191 e. The van der Waals surface area contributed by atoms with Gasteiger partial charge in [0, 0.05) is 50.2 Å². The predicted octanol–water partition coefficient (Wildman–Crippen LogP) is 1.65. The molecule has 1 heterocycles. The van der Waals surface area contributed by atoms with Crippen molar-refractivity contribution in [2.24, 2.45) is 4.99 Å². The molecule has 1 aliphatic rings. The molecule has 0 spiro atoms. The van der Waals surface area contributed by atoms with Gasteiger partial charge in [-0.3, -0.25) is 9.89 Å². The Morgan fingerprint density at radius 3 is 2.56 bits per heavy atom. The average molecular weight is 419 g/mol. The van der Waals surface area contributed by atoms with Gasteiger partial charge in [0.05, 0.1) is 11.5 Å². The van der Waals surface area contributed by atoms with Crippen molar-refractivity contribution in [3.8, 4) is 0 Å². The van der Waals surface area contributed by atoms with Crippen LogP contribution in [0.1, 0.15) is 19.4 Å². The first kappa shape index (κ1) is 21.9. The number of guanidine groups is 1. The van der Waals surface area contributed by atoms with Crippen LogP contribution < -0.4 is 10.6 Å². The summed E-state index contributed by atoms with van der Waals surface area (Å²) in [6, 6.07) is 4.44. The lowest BCUT2D eigenvalue weighted by atomic mass is 9.84. The highest BCUT2D eigenvalue weighted by Gasteiger charge is 2.24. The summed E-state index contributed by atoms with van der Waals surface area (Å²) in [6.07, 6.45) is 0. The Balaban J connectivity index is 1.81. The van der Waals surface area contributed by atoms with Gasteiger partial charge in [-0.05, 0) is 17.7 Å². The number of nitrogens with zero attached hydrogens (tertiary/aromatic N) is 2. The molecule has 9 heteroatoms. The molecule has 0 bridgehead atoms. The van der Waals surface area contributed by atoms with Crippen molar-refractivity contribution >= 4 is 27.4 Å². The van der Waals surface area contributed by atoms with Gasteiger partial charge in [0.25, 0.3) is 0 Å². The van der Waals surface area contributed by atoms with Crippen LogP contribution in [-0.4, -0.2) is 70.6 Å². The smallest absolute Gasteiger partial charge is 0.191 e. The van der Waals surface area contributed by atoms with Gasteiger partial charge in [-0.15, -0.1) is 0 Å². The molecule has 0 aliphatic carbocycles. The minimum absolute atomic E-state index is 0.229. The van der Waals surface area contributed by atoms with E-state index in [1.807, 2.05) is 13.8 Å². The summed E-state index contributed by atoms with van der Waals surface area (Å²) in [5, 5.41) is 6.92. The Hall–Kier alpha value is -1.38. The molecule has 6 nitrogen and oxygen atoms in total. The van der Waals surface area contributed by atoms with Crippen LogP contribution in [0.2, 0.25) is 5.02 Å². The van der Waals surface area contributed by atoms with E-state index in [9.17, 15) is 12.8 Å². The molecule has 1 saturated heterocycles. The summed E-state index contributed by atoms with van der Waals surface area (Å²) in [4.78, 5) is 6.34. The minimum Gasteiger partial charge on any atom is -0.356 e. The molecule has 152 valence electrons. The normalized spacial score (nSPS) is 18.3. The molecule has 2 rings (SSSR count). The third kappa shape index (κ3) is 6.62. The molecule has 0 atom stereocenters. The Bertz CT molecular complexity index is 770. The van der Waals surface area contributed by atoms with E-state index in [2.05, 4.69) is 20.5 Å². The van der Waals surface area contributed by atoms with Crippen molar-refractivity contribution in [3.05, 3.63) is 34.6 Å². The summed E-state index contributed by atoms with van der Waals surface area (Å²) >= 11 is 6.19. The molecule has 27 heavy (non-hydrogen) atoms. The van der Waals surface area contributed by atoms with E-state index in [-0.39, 0.29) is 22.7 Å². The first-order valence-electron chi connectivity index (χ1n) is 8.96. The van der Waals surface area contributed by atoms with Gasteiger partial charge < -0.3 is 10.6 Å². The third-order valence-corrected chi connectivity index (χ3v) is 6.66. The first-order valence-corrected chi connectivity index (χ1v) is 11.2. The Kier molecular flexibility index (Phi) is 7.47. The average Bonchev–Trinajstić information content (AvgIpc) is 2.59. The highest BCUT2D eigenvalue weighted by atomic mass is 35.5. The topological polar surface area (TPSA) is 73.8 Å². The standard InChI is InChI=1S/C18H28ClFN4O2S/c1-18(2,15-5-4-14(20)12-16(15)19)13-23-17(21-3)22-6-7-24-8-10-27(25,26)11-9-24/h4-5,12H,6-11,13H2,1-3H3,(H2,21,22,23). The lowest BCUT2D eigenvalue weighted by Gasteiger charge is -2.29. The zero-order valence-electron chi connectivity index (χ0n) is 16.1. The second kappa shape index (κ2) is 9.21. The van der Waals surface area contributed by atoms with Crippen molar-refractivity contribution < 1.29 is 12.8 Å². The largest absolute Gasteiger partial charge is 0.356 e. The van der Waals surface area contributed by atoms with Crippen molar-refractivity contribution in [1.82, 2.24) is 15.5 Å². The molecule has 0 unspecified atom stereocenters. The van der Waals surface area contributed by atoms with Crippen molar-refractivity contribution in [1.29, 1.82) is 0 Å². The fourth-order valence-electron chi connectivity index (χ4n) is 2.97. The van der Waals surface area contributed by atoms with Gasteiger partial charge in [-0.2, -0.15) is 0 Å². The molecule has 0 aromatic heterocycles. The van der Waals surface area contributed by atoms with E-state index in [1.54, 1.807) is 13.1 Å². The summed E-state index contributed by atoms with van der Waals surface area (Å²) in [5.41, 5.74) is 0.548. The monoisotopic (exact) mass is 418 g/mol. The van der Waals surface area contributed by atoms with E-state index in [0.717, 1.165) is 12.1 Å². The van der Waals surface area contributed by atoms with E-state index < -0.39 is 9.84 Å². The van der Waals surface area contributed by atoms with E-state index in [1.165, 1.54) is 12.1 Å². The summed E-state index contributed by atoms with van der Waals surface area (Å²) < 4.78 is 36.2. The Morgan fingerprint density at radius 1 is 1.30 bits per heavy atom. The van der Waals surface area contributed by atoms with Gasteiger partial charge in [0.15, 0.2) is 15.8 Å². The molecule has 2 N–H and O–H groups in total. The van der Waals surface area contributed by atoms with Crippen molar-refractivity contribution in [2.45, 2.75) is 19.3 Å². The van der Waals surface area contributed by atoms with Crippen LogP contribution in [0.5, 0.6) is 0 Å². The first-order chi connectivity index (χ1) is 12.6. The van der Waals surface area contributed by atoms with Crippen LogP contribution in [-0.2, 0) is 15.3 Å². The second-order valence-electron chi connectivity index (χ2n) is 7.35. The number of hydrogen-bond acceptors (Lipinski definition) is 4. The number of aliphatic imine (C=N–C) groups is 1. The van der Waals surface area contributed by atoms with Crippen LogP contribution in [0.25, 0.3) is 0 Å². The minimum atomic E-state index is -2.85. The number of rotatable bonds is 6. The summed E-state index contributed by atoms with van der Waals surface area (Å²) in [6.45, 7) is 7.19. The lowest BCUT2D eigenvalue weighted by molar-refractivity contribution is 0.299. The molecule has 1 aromatic rings. The van der Waals surface area contributed by atoms with E-state index >= 15 is 0 Å². The van der Waals surface area contributed by atoms with Gasteiger partial charge in [-0.25, -0.2) is 12.8 Å². The van der Waals surface area contributed by atoms with Gasteiger partial charge in [-0.1, -0.05) is 31.5 Å². The molecule has 0 radical (unpaired) electrons. The number of hydrogen-bond donors (Lipinski definition) is 2. The highest BCUT2D eigenvalue weighted by molar-refractivity contribution is 7.91. The molecule has 1 fully saturated rings. The van der Waals surface area contributed by atoms with Crippen LogP contribution in [0.4, 0.5) is 4.39 Å². The molecular formula is C18H28ClFN4O2S. The molecule has 1 aromatic carbocycles. The maximum absolute atomic E-state index is 13.3. The molecule has 0 amide bonds. The van der Waals surface area contributed by atoms with Gasteiger partial charge in [0.2, 0.25) is 0 Å². The van der Waals surface area contributed by atoms with Crippen molar-refractivity contribution in [2.75, 3.05) is 51.3 Å². The molecule has 0 saturated carbocycles. The SMILES string of the molecule is CN=C(NCCN1CCS(=O)(=O)CC1)NCC(C)(C)c1ccc(F)cc1Cl. The zero-order chi connectivity index (χ0) is 20.1. The van der Waals surface area contributed by atoms with E-state index in [0.29, 0.717) is 37.2 Å². The lowest BCUT2D eigenvalue weighted by Crippen LogP contribution is -2.47. The fourth-order valence-corrected chi connectivity index (χ4v) is 4.67. The van der Waals surface area contributed by atoms with Crippen molar-refractivity contribution in [3.63, 3.8) is 0 Å². The van der Waals surface area contributed by atoms with Crippen LogP contribution in [0, 0.1) is 5.82 Å². The third-order valence-electron chi connectivity index (χ3n) is 4.74. The summed E-state index contributed by atoms with van der Waals surface area (Å²) in [7, 11) is -1.16. The molecular weight excluding hydrogens is 391 g/mol. The molecule has 1 aliphatic heterocycles. The summed E-state index contributed by atoms with van der Waals surface area (Å²) in [5.74, 6) is 0.764. The van der Waals surface area contributed by atoms with Crippen LogP contribution in [0.15, 0.2) is 23.2 Å². The number of nitrogens with one attached hydrogen (secondary N) is 2. The van der Waals surface area contributed by atoms with E-state index in [4.69, 9.17) is 11.6 Å². The number of sulfone groups is 1. The quantitative estimate of drug-likeness (QED) is 0.543. The van der Waals surface area contributed by atoms with Crippen LogP contribution >= 0.6 is 11.6 Å². The zero-order valence-corrected chi connectivity index (χ0v) is 17.6. The maximum atomic E-state index is 13.3. The predicted molar refractivity (Wildman–Crippen MR) is 109 cm³/mol. The number of halogens is 2. The van der Waals surface area contributed by atoms with Gasteiger partial charge in [0.1, 0.15) is 5.82 Å². The number of benzene rings is 1. The highest BCUT2D eigenvalue weighted by Crippen LogP contribution is 2.29. The Labute approximate surface area is 166 Å². The van der Waals surface area contributed by atoms with Crippen LogP contribution in [0.3, 0.4) is 0 Å².